The van der Waals surface area contributed by atoms with Gasteiger partial charge >= 0.3 is 0 Å². The van der Waals surface area contributed by atoms with Gasteiger partial charge in [0.2, 0.25) is 0 Å². The zero-order valence-electron chi connectivity index (χ0n) is 8.55. The molecule has 3 aromatic rings. The predicted molar refractivity (Wildman–Crippen MR) is 64.6 cm³/mol. The van der Waals surface area contributed by atoms with Gasteiger partial charge in [-0.25, -0.2) is 0 Å². The first-order valence-corrected chi connectivity index (χ1v) is 5.09. The molecule has 1 aromatic heterocycles. The molecular formula is C14H9NO. The van der Waals surface area contributed by atoms with E-state index in [0.717, 1.165) is 22.4 Å². The summed E-state index contributed by atoms with van der Waals surface area (Å²) in [5.41, 5.74) is 0.704. The maximum Gasteiger partial charge on any atom is 0.150 e. The average Bonchev–Trinajstić information content (AvgIpc) is 2.35. The fraction of sp³-hybridized carbons (Fsp3) is 0. The third-order valence-corrected chi connectivity index (χ3v) is 2.76. The first kappa shape index (κ1) is 9.04. The van der Waals surface area contributed by atoms with Crippen molar-refractivity contribution in [2.45, 2.75) is 0 Å². The smallest absolute Gasteiger partial charge is 0.150 e. The first-order valence-electron chi connectivity index (χ1n) is 5.09. The Balaban J connectivity index is 2.41. The Morgan fingerprint density at radius 1 is 0.875 bits per heavy atom. The fourth-order valence-corrected chi connectivity index (χ4v) is 1.93. The van der Waals surface area contributed by atoms with Crippen LogP contribution in [0.2, 0.25) is 0 Å². The van der Waals surface area contributed by atoms with Crippen molar-refractivity contribution in [2.75, 3.05) is 0 Å². The summed E-state index contributed by atoms with van der Waals surface area (Å²) < 4.78 is 0. The molecule has 0 fully saturated rings. The number of hydrogen-bond acceptors (Lipinski definition) is 2. The molecule has 0 aliphatic heterocycles. The summed E-state index contributed by atoms with van der Waals surface area (Å²) in [5, 5.41) is 4.48. The monoisotopic (exact) mass is 207 g/mol. The van der Waals surface area contributed by atoms with Crippen LogP contribution in [0, 0.1) is 0 Å². The van der Waals surface area contributed by atoms with Crippen LogP contribution >= 0.6 is 0 Å². The fourth-order valence-electron chi connectivity index (χ4n) is 1.93. The summed E-state index contributed by atoms with van der Waals surface area (Å²) in [7, 11) is 0. The maximum atomic E-state index is 10.7. The van der Waals surface area contributed by atoms with Crippen LogP contribution in [0.1, 0.15) is 10.4 Å². The molecule has 0 bridgehead atoms. The van der Waals surface area contributed by atoms with Crippen molar-refractivity contribution in [3.8, 4) is 0 Å². The lowest BCUT2D eigenvalue weighted by Gasteiger charge is -2.02. The second-order valence-corrected chi connectivity index (χ2v) is 3.80. The van der Waals surface area contributed by atoms with Crippen LogP contribution < -0.4 is 0 Å². The summed E-state index contributed by atoms with van der Waals surface area (Å²) in [4.78, 5) is 14.8. The van der Waals surface area contributed by atoms with Crippen molar-refractivity contribution in [1.82, 2.24) is 4.98 Å². The number of fused-ring (bicyclic) bond motifs is 2. The number of nitrogens with zero attached hydrogens (tertiary/aromatic N) is 1. The second-order valence-electron chi connectivity index (χ2n) is 3.80. The van der Waals surface area contributed by atoms with Crippen LogP contribution in [0.4, 0.5) is 0 Å². The Labute approximate surface area is 92.5 Å². The van der Waals surface area contributed by atoms with Gasteiger partial charge in [0.05, 0.1) is 0 Å². The summed E-state index contributed by atoms with van der Waals surface area (Å²) in [6, 6.07) is 11.9. The average molecular weight is 207 g/mol. The van der Waals surface area contributed by atoms with Crippen LogP contribution in [0.3, 0.4) is 0 Å². The van der Waals surface area contributed by atoms with Crippen LogP contribution in [0.5, 0.6) is 0 Å². The van der Waals surface area contributed by atoms with Crippen LogP contribution in [-0.4, -0.2) is 11.3 Å². The van der Waals surface area contributed by atoms with E-state index in [4.69, 9.17) is 0 Å². The molecule has 1 heterocycles. The minimum absolute atomic E-state index is 0.704. The number of pyridine rings is 1. The Hall–Kier alpha value is -2.22. The number of carbonyl (C=O) groups excluding carboxylic acids is 1. The highest BCUT2D eigenvalue weighted by Crippen LogP contribution is 2.22. The van der Waals surface area contributed by atoms with E-state index in [-0.39, 0.29) is 0 Å². The highest BCUT2D eigenvalue weighted by Gasteiger charge is 1.99. The minimum Gasteiger partial charge on any atom is -0.298 e. The molecule has 2 aromatic carbocycles. The molecule has 0 aliphatic carbocycles. The van der Waals surface area contributed by atoms with Gasteiger partial charge in [-0.15, -0.1) is 0 Å². The highest BCUT2D eigenvalue weighted by molar-refractivity contribution is 5.99. The van der Waals surface area contributed by atoms with Gasteiger partial charge in [0, 0.05) is 23.3 Å². The Morgan fingerprint density at radius 3 is 2.56 bits per heavy atom. The molecule has 0 N–H and O–H groups in total. The molecule has 0 spiro atoms. The maximum absolute atomic E-state index is 10.7. The number of aromatic nitrogens is 1. The van der Waals surface area contributed by atoms with E-state index in [2.05, 4.69) is 17.1 Å². The molecule has 0 saturated carbocycles. The van der Waals surface area contributed by atoms with Crippen LogP contribution in [0.25, 0.3) is 21.5 Å². The van der Waals surface area contributed by atoms with Crippen molar-refractivity contribution < 1.29 is 4.79 Å². The molecule has 76 valence electrons. The van der Waals surface area contributed by atoms with Gasteiger partial charge in [-0.2, -0.15) is 0 Å². The third-order valence-electron chi connectivity index (χ3n) is 2.76. The van der Waals surface area contributed by atoms with Crippen LogP contribution in [0.15, 0.2) is 48.8 Å². The molecule has 0 radical (unpaired) electrons. The molecule has 3 rings (SSSR count). The van der Waals surface area contributed by atoms with Gasteiger partial charge in [-0.05, 0) is 40.4 Å². The SMILES string of the molecule is O=Cc1ccc2cc3ccncc3cc2c1. The van der Waals surface area contributed by atoms with Gasteiger partial charge in [0.15, 0.2) is 0 Å². The van der Waals surface area contributed by atoms with Crippen molar-refractivity contribution in [3.05, 3.63) is 54.4 Å². The van der Waals surface area contributed by atoms with Gasteiger partial charge in [0.25, 0.3) is 0 Å². The van der Waals surface area contributed by atoms with Crippen molar-refractivity contribution in [1.29, 1.82) is 0 Å². The molecule has 0 atom stereocenters. The van der Waals surface area contributed by atoms with Gasteiger partial charge < -0.3 is 0 Å². The van der Waals surface area contributed by atoms with Crippen molar-refractivity contribution >= 4 is 27.8 Å². The lowest BCUT2D eigenvalue weighted by Crippen LogP contribution is -1.81. The zero-order chi connectivity index (χ0) is 11.0. The van der Waals surface area contributed by atoms with E-state index in [1.54, 1.807) is 6.20 Å². The summed E-state index contributed by atoms with van der Waals surface area (Å²) in [5.74, 6) is 0. The highest BCUT2D eigenvalue weighted by atomic mass is 16.1. The van der Waals surface area contributed by atoms with Gasteiger partial charge in [-0.3, -0.25) is 9.78 Å². The van der Waals surface area contributed by atoms with E-state index >= 15 is 0 Å². The molecular weight excluding hydrogens is 198 g/mol. The van der Waals surface area contributed by atoms with Gasteiger partial charge in [0.1, 0.15) is 6.29 Å². The minimum atomic E-state index is 0.704. The Morgan fingerprint density at radius 2 is 1.69 bits per heavy atom. The number of hydrogen-bond donors (Lipinski definition) is 0. The molecule has 2 heteroatoms. The summed E-state index contributed by atoms with van der Waals surface area (Å²) in [6.07, 6.45) is 4.49. The van der Waals surface area contributed by atoms with E-state index in [1.807, 2.05) is 30.5 Å². The lowest BCUT2D eigenvalue weighted by molar-refractivity contribution is 0.112. The molecule has 0 amide bonds. The predicted octanol–water partition coefficient (Wildman–Crippen LogP) is 3.20. The number of aldehydes is 1. The van der Waals surface area contributed by atoms with E-state index in [1.165, 1.54) is 5.39 Å². The van der Waals surface area contributed by atoms with Crippen molar-refractivity contribution in [2.24, 2.45) is 0 Å². The number of carbonyl (C=O) groups is 1. The zero-order valence-corrected chi connectivity index (χ0v) is 8.55. The Bertz CT molecular complexity index is 688. The molecule has 2 nitrogen and oxygen atoms in total. The number of benzene rings is 2. The summed E-state index contributed by atoms with van der Waals surface area (Å²) >= 11 is 0. The Kier molecular flexibility index (Phi) is 1.93. The largest absolute Gasteiger partial charge is 0.298 e. The normalized spacial score (nSPS) is 10.8. The van der Waals surface area contributed by atoms with Gasteiger partial charge in [-0.1, -0.05) is 12.1 Å². The molecule has 16 heavy (non-hydrogen) atoms. The third kappa shape index (κ3) is 1.36. The topological polar surface area (TPSA) is 30.0 Å². The molecule has 0 unspecified atom stereocenters. The first-order chi connectivity index (χ1) is 7.86. The van der Waals surface area contributed by atoms with Crippen molar-refractivity contribution in [3.63, 3.8) is 0 Å². The summed E-state index contributed by atoms with van der Waals surface area (Å²) in [6.45, 7) is 0. The van der Waals surface area contributed by atoms with E-state index < -0.39 is 0 Å². The van der Waals surface area contributed by atoms with E-state index in [9.17, 15) is 4.79 Å². The number of rotatable bonds is 1. The lowest BCUT2D eigenvalue weighted by atomic mass is 10.0. The molecule has 0 saturated heterocycles. The van der Waals surface area contributed by atoms with Crippen LogP contribution in [-0.2, 0) is 0 Å². The second kappa shape index (κ2) is 3.42. The standard InChI is InChI=1S/C14H9NO/c16-9-10-1-2-11-6-12-3-4-15-8-14(12)7-13(11)5-10/h1-9H. The van der Waals surface area contributed by atoms with E-state index in [0.29, 0.717) is 5.56 Å². The quantitative estimate of drug-likeness (QED) is 0.453. The molecule has 0 aliphatic rings.